The molecule has 2 amide bonds. The molecule has 1 N–H and O–H groups in total. The molecule has 0 aliphatic heterocycles. The lowest BCUT2D eigenvalue weighted by molar-refractivity contribution is -0.0598. The van der Waals surface area contributed by atoms with E-state index in [0.717, 1.165) is 10.6 Å². The third-order valence-corrected chi connectivity index (χ3v) is 3.17. The van der Waals surface area contributed by atoms with Crippen LogP contribution < -0.4 is 10.1 Å². The topological polar surface area (TPSA) is 50.8 Å². The molecular formula is C17H20N2O3. The fourth-order valence-corrected chi connectivity index (χ4v) is 1.80. The minimum Gasteiger partial charge on any atom is -0.489 e. The van der Waals surface area contributed by atoms with E-state index in [1.165, 1.54) is 19.7 Å². The van der Waals surface area contributed by atoms with Crippen LogP contribution in [0, 0.1) is 6.92 Å². The Bertz CT molecular complexity index is 626. The summed E-state index contributed by atoms with van der Waals surface area (Å²) < 4.78 is 5.74. The van der Waals surface area contributed by atoms with E-state index in [4.69, 9.17) is 9.57 Å². The molecule has 2 aromatic rings. The number of carbonyl (C=O) groups is 1. The van der Waals surface area contributed by atoms with Crippen LogP contribution >= 0.6 is 0 Å². The van der Waals surface area contributed by atoms with Crippen molar-refractivity contribution >= 4 is 11.7 Å². The Morgan fingerprint density at radius 3 is 2.59 bits per heavy atom. The molecule has 2 rings (SSSR count). The highest BCUT2D eigenvalue weighted by Crippen LogP contribution is 2.19. The number of carbonyl (C=O) groups excluding carboxylic acids is 1. The number of nitrogens with one attached hydrogen (secondary N) is 1. The molecule has 0 radical (unpaired) electrons. The van der Waals surface area contributed by atoms with Gasteiger partial charge in [0.25, 0.3) is 0 Å². The van der Waals surface area contributed by atoms with E-state index >= 15 is 0 Å². The maximum Gasteiger partial charge on any atom is 0.345 e. The van der Waals surface area contributed by atoms with Crippen molar-refractivity contribution in [3.8, 4) is 5.75 Å². The number of hydrogen-bond acceptors (Lipinski definition) is 3. The first kappa shape index (κ1) is 15.9. The average molecular weight is 300 g/mol. The summed E-state index contributed by atoms with van der Waals surface area (Å²) in [4.78, 5) is 16.5. The third-order valence-electron chi connectivity index (χ3n) is 3.17. The van der Waals surface area contributed by atoms with Gasteiger partial charge in [0.1, 0.15) is 12.4 Å². The van der Waals surface area contributed by atoms with Gasteiger partial charge in [0, 0.05) is 18.8 Å². The summed E-state index contributed by atoms with van der Waals surface area (Å²) in [6, 6.07) is 15.1. The van der Waals surface area contributed by atoms with Crippen LogP contribution in [0.3, 0.4) is 0 Å². The highest BCUT2D eigenvalue weighted by atomic mass is 16.7. The van der Waals surface area contributed by atoms with E-state index in [1.807, 2.05) is 31.2 Å². The molecule has 0 heterocycles. The zero-order valence-corrected chi connectivity index (χ0v) is 13.0. The van der Waals surface area contributed by atoms with Crippen molar-refractivity contribution in [2.24, 2.45) is 0 Å². The van der Waals surface area contributed by atoms with E-state index in [2.05, 4.69) is 17.4 Å². The number of rotatable bonds is 5. The van der Waals surface area contributed by atoms with Gasteiger partial charge in [-0.25, -0.2) is 9.86 Å². The van der Waals surface area contributed by atoms with Gasteiger partial charge in [0.05, 0.1) is 7.11 Å². The lowest BCUT2D eigenvalue weighted by Crippen LogP contribution is -2.30. The monoisotopic (exact) mass is 300 g/mol. The fraction of sp³-hybridized carbons (Fsp3) is 0.235. The highest BCUT2D eigenvalue weighted by molar-refractivity contribution is 5.88. The quantitative estimate of drug-likeness (QED) is 0.858. The molecule has 0 bridgehead atoms. The second kappa shape index (κ2) is 7.47. The molecule has 0 saturated carbocycles. The molecule has 0 unspecified atom stereocenters. The average Bonchev–Trinajstić information content (AvgIpc) is 2.54. The number of hydrogen-bond donors (Lipinski definition) is 1. The first-order valence-electron chi connectivity index (χ1n) is 6.95. The molecule has 5 nitrogen and oxygen atoms in total. The van der Waals surface area contributed by atoms with Gasteiger partial charge in [0.15, 0.2) is 0 Å². The van der Waals surface area contributed by atoms with Crippen LogP contribution in [-0.4, -0.2) is 25.3 Å². The van der Waals surface area contributed by atoms with E-state index in [0.29, 0.717) is 18.0 Å². The fourth-order valence-electron chi connectivity index (χ4n) is 1.80. The first-order chi connectivity index (χ1) is 10.6. The van der Waals surface area contributed by atoms with E-state index in [9.17, 15) is 4.79 Å². The molecule has 5 heteroatoms. The number of aryl methyl sites for hydroxylation is 1. The Morgan fingerprint density at radius 2 is 1.91 bits per heavy atom. The number of benzene rings is 2. The summed E-state index contributed by atoms with van der Waals surface area (Å²) in [6.07, 6.45) is 0. The Morgan fingerprint density at radius 1 is 1.18 bits per heavy atom. The zero-order valence-electron chi connectivity index (χ0n) is 13.0. The van der Waals surface area contributed by atoms with Crippen molar-refractivity contribution in [3.63, 3.8) is 0 Å². The molecule has 22 heavy (non-hydrogen) atoms. The number of ether oxygens (including phenoxy) is 1. The number of amides is 2. The van der Waals surface area contributed by atoms with E-state index < -0.39 is 0 Å². The summed E-state index contributed by atoms with van der Waals surface area (Å²) in [5.41, 5.74) is 2.96. The predicted molar refractivity (Wildman–Crippen MR) is 85.7 cm³/mol. The number of hydroxylamine groups is 2. The minimum absolute atomic E-state index is 0.349. The first-order valence-corrected chi connectivity index (χ1v) is 6.95. The largest absolute Gasteiger partial charge is 0.489 e. The number of anilines is 1. The van der Waals surface area contributed by atoms with Gasteiger partial charge in [-0.1, -0.05) is 35.9 Å². The molecule has 0 atom stereocenters. The van der Waals surface area contributed by atoms with E-state index in [-0.39, 0.29) is 6.03 Å². The molecular weight excluding hydrogens is 280 g/mol. The van der Waals surface area contributed by atoms with Gasteiger partial charge >= 0.3 is 6.03 Å². The summed E-state index contributed by atoms with van der Waals surface area (Å²) >= 11 is 0. The smallest absolute Gasteiger partial charge is 0.345 e. The van der Waals surface area contributed by atoms with Crippen molar-refractivity contribution in [2.45, 2.75) is 13.5 Å². The van der Waals surface area contributed by atoms with Gasteiger partial charge in [0.2, 0.25) is 0 Å². The van der Waals surface area contributed by atoms with Crippen molar-refractivity contribution < 1.29 is 14.4 Å². The van der Waals surface area contributed by atoms with Crippen LogP contribution in [0.5, 0.6) is 5.75 Å². The SMILES string of the molecule is CON(C)C(=O)Nc1cccc(OCc2ccc(C)cc2)c1. The molecule has 0 fully saturated rings. The number of nitrogens with zero attached hydrogens (tertiary/aromatic N) is 1. The maximum absolute atomic E-state index is 11.7. The Hall–Kier alpha value is -2.53. The summed E-state index contributed by atoms with van der Waals surface area (Å²) in [7, 11) is 2.97. The lowest BCUT2D eigenvalue weighted by atomic mass is 10.2. The zero-order chi connectivity index (χ0) is 15.9. The van der Waals surface area contributed by atoms with E-state index in [1.54, 1.807) is 12.1 Å². The standard InChI is InChI=1S/C17H20N2O3/c1-13-7-9-14(10-8-13)12-22-16-6-4-5-15(11-16)18-17(20)19(2)21-3/h4-11H,12H2,1-3H3,(H,18,20). The van der Waals surface area contributed by atoms with Crippen LogP contribution in [0.4, 0.5) is 10.5 Å². The molecule has 2 aromatic carbocycles. The second-order valence-electron chi connectivity index (χ2n) is 4.91. The van der Waals surface area contributed by atoms with Crippen LogP contribution in [0.2, 0.25) is 0 Å². The Kier molecular flexibility index (Phi) is 5.38. The van der Waals surface area contributed by atoms with Crippen LogP contribution in [0.1, 0.15) is 11.1 Å². The van der Waals surface area contributed by atoms with Gasteiger partial charge < -0.3 is 10.1 Å². The van der Waals surface area contributed by atoms with Gasteiger partial charge in [-0.05, 0) is 24.6 Å². The van der Waals surface area contributed by atoms with Gasteiger partial charge in [-0.15, -0.1) is 0 Å². The van der Waals surface area contributed by atoms with Crippen molar-refractivity contribution in [1.82, 2.24) is 5.06 Å². The van der Waals surface area contributed by atoms with Crippen molar-refractivity contribution in [1.29, 1.82) is 0 Å². The van der Waals surface area contributed by atoms with Gasteiger partial charge in [-0.2, -0.15) is 0 Å². The van der Waals surface area contributed by atoms with Crippen LogP contribution in [0.25, 0.3) is 0 Å². The maximum atomic E-state index is 11.7. The lowest BCUT2D eigenvalue weighted by Gasteiger charge is -2.15. The molecule has 0 saturated heterocycles. The molecule has 116 valence electrons. The summed E-state index contributed by atoms with van der Waals surface area (Å²) in [6.45, 7) is 2.53. The molecule has 0 aliphatic carbocycles. The Labute approximate surface area is 130 Å². The number of urea groups is 1. The molecule has 0 spiro atoms. The normalized spacial score (nSPS) is 10.1. The van der Waals surface area contributed by atoms with Crippen LogP contribution in [-0.2, 0) is 11.4 Å². The molecule has 0 aliphatic rings. The summed E-state index contributed by atoms with van der Waals surface area (Å²) in [5.74, 6) is 0.693. The van der Waals surface area contributed by atoms with Crippen molar-refractivity contribution in [2.75, 3.05) is 19.5 Å². The molecule has 0 aromatic heterocycles. The second-order valence-corrected chi connectivity index (χ2v) is 4.91. The van der Waals surface area contributed by atoms with Crippen molar-refractivity contribution in [3.05, 3.63) is 59.7 Å². The highest BCUT2D eigenvalue weighted by Gasteiger charge is 2.08. The minimum atomic E-state index is -0.349. The summed E-state index contributed by atoms with van der Waals surface area (Å²) in [5, 5.41) is 3.83. The third kappa shape index (κ3) is 4.49. The van der Waals surface area contributed by atoms with Crippen LogP contribution in [0.15, 0.2) is 48.5 Å². The van der Waals surface area contributed by atoms with Gasteiger partial charge in [-0.3, -0.25) is 4.84 Å². The Balaban J connectivity index is 1.96. The predicted octanol–water partition coefficient (Wildman–Crippen LogP) is 3.60.